The Morgan fingerprint density at radius 3 is 2.06 bits per heavy atom. The minimum atomic E-state index is -0.337. The van der Waals surface area contributed by atoms with Gasteiger partial charge in [-0.25, -0.2) is 0 Å². The monoisotopic (exact) mass is 893 g/mol. The fraction of sp³-hybridized carbons (Fsp3) is 0.447. The van der Waals surface area contributed by atoms with Crippen LogP contribution in [-0.4, -0.2) is 15.9 Å². The molecule has 6 heteroatoms. The minimum Gasteiger partial charge on any atom is -0.512 e. The van der Waals surface area contributed by atoms with Crippen molar-refractivity contribution in [2.24, 2.45) is 16.7 Å². The zero-order valence-electron chi connectivity index (χ0n) is 33.8. The van der Waals surface area contributed by atoms with Crippen LogP contribution in [-0.2, 0) is 36.7 Å². The van der Waals surface area contributed by atoms with Gasteiger partial charge in [0.15, 0.2) is 16.9 Å². The van der Waals surface area contributed by atoms with Gasteiger partial charge in [-0.15, -0.1) is 29.1 Å². The van der Waals surface area contributed by atoms with Gasteiger partial charge in [0.2, 0.25) is 0 Å². The topological polar surface area (TPSA) is 76.5 Å². The van der Waals surface area contributed by atoms with Gasteiger partial charge in [-0.3, -0.25) is 9.78 Å². The molecule has 0 atom stereocenters. The van der Waals surface area contributed by atoms with Gasteiger partial charge in [0.25, 0.3) is 0 Å². The molecule has 6 aromatic rings. The number of fused-ring (bicyclic) bond motifs is 6. The molecule has 0 saturated heterocycles. The Hall–Kier alpha value is -3.73. The van der Waals surface area contributed by atoms with Crippen LogP contribution in [0.1, 0.15) is 119 Å². The number of hydrogen-bond acceptors (Lipinski definition) is 5. The Bertz CT molecular complexity index is 2250. The summed E-state index contributed by atoms with van der Waals surface area (Å²) in [6, 6.07) is 20.7. The van der Waals surface area contributed by atoms with Gasteiger partial charge >= 0.3 is 0 Å². The summed E-state index contributed by atoms with van der Waals surface area (Å²) in [7, 11) is 0. The van der Waals surface area contributed by atoms with Crippen LogP contribution in [0, 0.1) is 29.7 Å². The Labute approximate surface area is 330 Å². The maximum atomic E-state index is 12.2. The summed E-state index contributed by atoms with van der Waals surface area (Å²) in [6.45, 7) is 25.4. The fourth-order valence-corrected chi connectivity index (χ4v) is 7.03. The molecule has 0 aliphatic heterocycles. The molecule has 0 amide bonds. The zero-order chi connectivity index (χ0) is 38.2. The van der Waals surface area contributed by atoms with E-state index >= 15 is 0 Å². The van der Waals surface area contributed by atoms with Crippen molar-refractivity contribution in [3.8, 4) is 11.3 Å². The van der Waals surface area contributed by atoms with Crippen molar-refractivity contribution < 1.29 is 38.8 Å². The molecule has 1 N–H and O–H groups in total. The van der Waals surface area contributed by atoms with Crippen molar-refractivity contribution in [1.82, 2.24) is 4.98 Å². The number of pyridine rings is 1. The van der Waals surface area contributed by atoms with Crippen LogP contribution in [0.4, 0.5) is 0 Å². The first-order chi connectivity index (χ1) is 24.5. The van der Waals surface area contributed by atoms with Crippen molar-refractivity contribution in [2.45, 2.75) is 121 Å². The number of aliphatic hydroxyl groups excluding tert-OH is 1. The first-order valence-corrected chi connectivity index (χ1v) is 19.1. The van der Waals surface area contributed by atoms with Crippen LogP contribution in [0.25, 0.3) is 54.9 Å². The van der Waals surface area contributed by atoms with Gasteiger partial charge in [0.1, 0.15) is 17.1 Å². The number of carbonyl (C=O) groups is 1. The van der Waals surface area contributed by atoms with Crippen LogP contribution < -0.4 is 0 Å². The van der Waals surface area contributed by atoms with Gasteiger partial charge in [-0.05, 0) is 62.5 Å². The number of aliphatic hydroxyl groups is 1. The van der Waals surface area contributed by atoms with E-state index in [9.17, 15) is 9.90 Å². The molecule has 0 aliphatic carbocycles. The second kappa shape index (κ2) is 16.3. The predicted octanol–water partition coefficient (Wildman–Crippen LogP) is 13.8. The van der Waals surface area contributed by atoms with Gasteiger partial charge in [-0.2, -0.15) is 0 Å². The van der Waals surface area contributed by atoms with Crippen LogP contribution in [0.3, 0.4) is 0 Å². The average molecular weight is 893 g/mol. The maximum Gasteiger partial charge on any atom is 0.177 e. The third kappa shape index (κ3) is 8.20. The van der Waals surface area contributed by atoms with Crippen molar-refractivity contribution in [2.75, 3.05) is 0 Å². The van der Waals surface area contributed by atoms with E-state index in [-0.39, 0.29) is 47.9 Å². The van der Waals surface area contributed by atoms with Gasteiger partial charge in [0, 0.05) is 70.6 Å². The molecule has 0 fully saturated rings. The Morgan fingerprint density at radius 2 is 1.45 bits per heavy atom. The zero-order valence-corrected chi connectivity index (χ0v) is 36.2. The number of ketones is 1. The van der Waals surface area contributed by atoms with E-state index in [1.54, 1.807) is 0 Å². The quantitative estimate of drug-likeness (QED) is 0.0842. The molecular weight excluding hydrogens is 835 g/mol. The molecule has 3 aromatic carbocycles. The number of carbonyl (C=O) groups excluding carboxylic acids is 1. The molecule has 5 nitrogen and oxygen atoms in total. The maximum absolute atomic E-state index is 12.2. The molecular formula is C47H58IrNO4-. The number of benzene rings is 3. The number of allylic oxidation sites excluding steroid dienone is 2. The summed E-state index contributed by atoms with van der Waals surface area (Å²) < 4.78 is 12.7. The molecule has 285 valence electrons. The normalized spacial score (nSPS) is 12.8. The van der Waals surface area contributed by atoms with E-state index in [2.05, 4.69) is 90.1 Å². The summed E-state index contributed by atoms with van der Waals surface area (Å²) in [4.78, 5) is 17.0. The number of rotatable bonds is 10. The van der Waals surface area contributed by atoms with E-state index in [0.29, 0.717) is 5.92 Å². The Balaban J connectivity index is 0.000000299. The van der Waals surface area contributed by atoms with Crippen LogP contribution in [0.15, 0.2) is 75.4 Å². The molecule has 0 saturated carbocycles. The van der Waals surface area contributed by atoms with Crippen LogP contribution >= 0.6 is 0 Å². The fourth-order valence-electron chi connectivity index (χ4n) is 7.03. The first-order valence-electron chi connectivity index (χ1n) is 19.1. The first kappa shape index (κ1) is 42.0. The standard InChI is InChI=1S/C32H30NO2.C15H28O2.Ir/c1-18(2)15-25-19(3)34-30-23(25)11-12-24-28-27(35-31(24)30)13-14-33-29(28)21-16-20-9-7-8-10-22(20)26(17-21)32(4,5)6;1-7-14(5,8-2)12(16)11-13(17)15(6,9-3)10-4;/h7-14,17-18H,15H2,1-6H3;11,16H,7-10H2,1-6H3;/q-1;;/b;12-11-;. The molecule has 53 heavy (non-hydrogen) atoms. The largest absolute Gasteiger partial charge is 0.512 e. The second-order valence-corrected chi connectivity index (χ2v) is 16.5. The number of furan rings is 2. The number of aryl methyl sites for hydroxylation is 1. The molecule has 3 heterocycles. The summed E-state index contributed by atoms with van der Waals surface area (Å²) >= 11 is 0. The molecule has 0 aliphatic rings. The van der Waals surface area contributed by atoms with E-state index in [0.717, 1.165) is 87.4 Å². The summed E-state index contributed by atoms with van der Waals surface area (Å²) in [6.07, 6.45) is 7.57. The Kier molecular flexibility index (Phi) is 12.9. The third-order valence-electron chi connectivity index (χ3n) is 11.6. The van der Waals surface area contributed by atoms with E-state index in [1.807, 2.05) is 53.8 Å². The average Bonchev–Trinajstić information content (AvgIpc) is 3.66. The smallest absolute Gasteiger partial charge is 0.177 e. The molecule has 0 bridgehead atoms. The number of nitrogens with zero attached hydrogens (tertiary/aromatic N) is 1. The molecule has 6 rings (SSSR count). The van der Waals surface area contributed by atoms with Crippen molar-refractivity contribution in [3.63, 3.8) is 0 Å². The van der Waals surface area contributed by atoms with Crippen LogP contribution in [0.2, 0.25) is 0 Å². The number of aromatic nitrogens is 1. The van der Waals surface area contributed by atoms with E-state index in [1.165, 1.54) is 22.6 Å². The SMILES string of the molecule is CCC(C)(CC)C(=O)/C=C(\O)C(C)(CC)CC.Cc1oc2c(ccc3c2oc2ccnc(-c4[c-]c5ccccc5c(C(C)(C)C)c4)c23)c1CC(C)C.[Ir]. The van der Waals surface area contributed by atoms with Crippen molar-refractivity contribution in [3.05, 3.63) is 89.5 Å². The predicted molar refractivity (Wildman–Crippen MR) is 218 cm³/mol. The van der Waals surface area contributed by atoms with E-state index < -0.39 is 0 Å². The van der Waals surface area contributed by atoms with Gasteiger partial charge in [0.05, 0.1) is 0 Å². The van der Waals surface area contributed by atoms with Crippen LogP contribution in [0.5, 0.6) is 0 Å². The van der Waals surface area contributed by atoms with Gasteiger partial charge in [-0.1, -0.05) is 111 Å². The van der Waals surface area contributed by atoms with Crippen molar-refractivity contribution >= 4 is 49.5 Å². The number of hydrogen-bond donors (Lipinski definition) is 1. The molecule has 0 spiro atoms. The minimum absolute atomic E-state index is 0. The van der Waals surface area contributed by atoms with E-state index in [4.69, 9.17) is 13.8 Å². The summed E-state index contributed by atoms with van der Waals surface area (Å²) in [5, 5.41) is 15.6. The summed E-state index contributed by atoms with van der Waals surface area (Å²) in [5.41, 5.74) is 6.26. The second-order valence-electron chi connectivity index (χ2n) is 16.5. The molecule has 0 unspecified atom stereocenters. The molecule has 1 radical (unpaired) electrons. The van der Waals surface area contributed by atoms with Crippen molar-refractivity contribution in [1.29, 1.82) is 0 Å². The summed E-state index contributed by atoms with van der Waals surface area (Å²) in [5.74, 6) is 1.81. The molecule has 3 aromatic heterocycles. The van der Waals surface area contributed by atoms with Gasteiger partial charge < -0.3 is 13.9 Å². The Morgan fingerprint density at radius 1 is 0.849 bits per heavy atom. The third-order valence-corrected chi connectivity index (χ3v) is 11.6.